The van der Waals surface area contributed by atoms with Crippen LogP contribution in [0.2, 0.25) is 15.1 Å². The van der Waals surface area contributed by atoms with Crippen molar-refractivity contribution in [2.45, 2.75) is 4.90 Å². The van der Waals surface area contributed by atoms with Gasteiger partial charge in [-0.15, -0.1) is 0 Å². The third-order valence-corrected chi connectivity index (χ3v) is 6.92. The predicted molar refractivity (Wildman–Crippen MR) is 125 cm³/mol. The SMILES string of the molecule is O=C(CN(c1ccccc1Cl)S(=O)(=O)c1ccccc1)N/N=C/c1ccc(Cl)c(Cl)c1. The topological polar surface area (TPSA) is 78.8 Å². The zero-order chi connectivity index (χ0) is 22.4. The van der Waals surface area contributed by atoms with Crippen LogP contribution in [0.15, 0.2) is 82.8 Å². The Morgan fingerprint density at radius 3 is 2.26 bits per heavy atom. The number of halogens is 3. The summed E-state index contributed by atoms with van der Waals surface area (Å²) < 4.78 is 27.4. The monoisotopic (exact) mass is 495 g/mol. The quantitative estimate of drug-likeness (QED) is 0.370. The number of nitrogens with one attached hydrogen (secondary N) is 1. The molecule has 31 heavy (non-hydrogen) atoms. The highest BCUT2D eigenvalue weighted by atomic mass is 35.5. The van der Waals surface area contributed by atoms with Gasteiger partial charge in [-0.05, 0) is 42.0 Å². The first-order chi connectivity index (χ1) is 14.8. The van der Waals surface area contributed by atoms with E-state index in [1.54, 1.807) is 54.6 Å². The summed E-state index contributed by atoms with van der Waals surface area (Å²) in [7, 11) is -4.06. The van der Waals surface area contributed by atoms with Crippen LogP contribution in [0.25, 0.3) is 0 Å². The van der Waals surface area contributed by atoms with Gasteiger partial charge >= 0.3 is 0 Å². The molecule has 0 saturated carbocycles. The molecule has 6 nitrogen and oxygen atoms in total. The number of para-hydroxylation sites is 1. The Kier molecular flexibility index (Phi) is 7.56. The van der Waals surface area contributed by atoms with Gasteiger partial charge in [0.15, 0.2) is 0 Å². The molecule has 0 saturated heterocycles. The summed E-state index contributed by atoms with van der Waals surface area (Å²) in [5, 5.41) is 4.78. The largest absolute Gasteiger partial charge is 0.271 e. The van der Waals surface area contributed by atoms with Gasteiger partial charge in [0.1, 0.15) is 6.54 Å². The maximum Gasteiger partial charge on any atom is 0.264 e. The number of anilines is 1. The standard InChI is InChI=1S/C21H16Cl3N3O3S/c22-17-11-10-15(12-19(17)24)13-25-26-21(28)14-27(20-9-5-4-8-18(20)23)31(29,30)16-6-2-1-3-7-16/h1-13H,14H2,(H,26,28)/b25-13+. The normalized spacial score (nSPS) is 11.5. The van der Waals surface area contributed by atoms with Crippen LogP contribution in [0.1, 0.15) is 5.56 Å². The van der Waals surface area contributed by atoms with Crippen LogP contribution in [0.3, 0.4) is 0 Å². The van der Waals surface area contributed by atoms with Gasteiger partial charge < -0.3 is 0 Å². The smallest absolute Gasteiger partial charge is 0.264 e. The lowest BCUT2D eigenvalue weighted by Crippen LogP contribution is -2.39. The summed E-state index contributed by atoms with van der Waals surface area (Å²) in [4.78, 5) is 12.5. The van der Waals surface area contributed by atoms with Crippen LogP contribution in [0, 0.1) is 0 Å². The molecule has 3 aromatic rings. The van der Waals surface area contributed by atoms with Gasteiger partial charge in [-0.3, -0.25) is 9.10 Å². The molecular formula is C21H16Cl3N3O3S. The van der Waals surface area contributed by atoms with Crippen molar-refractivity contribution in [1.29, 1.82) is 0 Å². The Balaban J connectivity index is 1.83. The van der Waals surface area contributed by atoms with E-state index in [0.29, 0.717) is 15.6 Å². The number of hydrazone groups is 1. The van der Waals surface area contributed by atoms with E-state index in [2.05, 4.69) is 10.5 Å². The zero-order valence-corrected chi connectivity index (χ0v) is 19.0. The third-order valence-electron chi connectivity index (χ3n) is 4.09. The van der Waals surface area contributed by atoms with Crippen LogP contribution < -0.4 is 9.73 Å². The summed E-state index contributed by atoms with van der Waals surface area (Å²) >= 11 is 18.0. The highest BCUT2D eigenvalue weighted by molar-refractivity contribution is 7.92. The van der Waals surface area contributed by atoms with Gasteiger partial charge in [-0.2, -0.15) is 5.10 Å². The van der Waals surface area contributed by atoms with Crippen LogP contribution in [-0.2, 0) is 14.8 Å². The van der Waals surface area contributed by atoms with Crippen molar-refractivity contribution in [2.24, 2.45) is 5.10 Å². The average Bonchev–Trinajstić information content (AvgIpc) is 2.76. The molecule has 10 heteroatoms. The van der Waals surface area contributed by atoms with Crippen molar-refractivity contribution in [3.05, 3.63) is 93.4 Å². The maximum absolute atomic E-state index is 13.2. The molecule has 0 heterocycles. The molecular weight excluding hydrogens is 481 g/mol. The molecule has 0 radical (unpaired) electrons. The van der Waals surface area contributed by atoms with E-state index >= 15 is 0 Å². The first-order valence-corrected chi connectivity index (χ1v) is 11.5. The van der Waals surface area contributed by atoms with Gasteiger partial charge in [0.25, 0.3) is 15.9 Å². The number of nitrogens with zero attached hydrogens (tertiary/aromatic N) is 2. The molecule has 0 spiro atoms. The van der Waals surface area contributed by atoms with Crippen molar-refractivity contribution >= 4 is 62.6 Å². The van der Waals surface area contributed by atoms with E-state index in [0.717, 1.165) is 4.31 Å². The second-order valence-corrected chi connectivity index (χ2v) is 9.33. The van der Waals surface area contributed by atoms with E-state index in [1.807, 2.05) is 0 Å². The Bertz CT molecular complexity index is 1220. The summed E-state index contributed by atoms with van der Waals surface area (Å²) in [6.07, 6.45) is 1.37. The van der Waals surface area contributed by atoms with Gasteiger partial charge in [-0.1, -0.05) is 71.2 Å². The fourth-order valence-electron chi connectivity index (χ4n) is 2.61. The Labute approximate surface area is 195 Å². The number of rotatable bonds is 7. The summed E-state index contributed by atoms with van der Waals surface area (Å²) in [6, 6.07) is 19.0. The molecule has 3 rings (SSSR count). The number of carbonyl (C=O) groups is 1. The lowest BCUT2D eigenvalue weighted by molar-refractivity contribution is -0.119. The summed E-state index contributed by atoms with van der Waals surface area (Å²) in [6.45, 7) is -0.528. The lowest BCUT2D eigenvalue weighted by Gasteiger charge is -2.24. The van der Waals surface area contributed by atoms with E-state index in [9.17, 15) is 13.2 Å². The summed E-state index contributed by atoms with van der Waals surface area (Å²) in [5.41, 5.74) is 3.10. The number of hydrogen-bond acceptors (Lipinski definition) is 4. The van der Waals surface area contributed by atoms with Crippen molar-refractivity contribution in [2.75, 3.05) is 10.8 Å². The fraction of sp³-hybridized carbons (Fsp3) is 0.0476. The first kappa shape index (κ1) is 23.1. The minimum absolute atomic E-state index is 0.0297. The molecule has 0 unspecified atom stereocenters. The molecule has 0 aliphatic carbocycles. The molecule has 0 aromatic heterocycles. The number of amides is 1. The highest BCUT2D eigenvalue weighted by Gasteiger charge is 2.28. The van der Waals surface area contributed by atoms with E-state index in [1.165, 1.54) is 24.4 Å². The van der Waals surface area contributed by atoms with E-state index < -0.39 is 22.5 Å². The Morgan fingerprint density at radius 1 is 0.903 bits per heavy atom. The molecule has 0 atom stereocenters. The zero-order valence-electron chi connectivity index (χ0n) is 15.9. The number of hydrogen-bond donors (Lipinski definition) is 1. The molecule has 0 fully saturated rings. The molecule has 0 bridgehead atoms. The molecule has 160 valence electrons. The molecule has 1 N–H and O–H groups in total. The van der Waals surface area contributed by atoms with Crippen molar-refractivity contribution in [3.8, 4) is 0 Å². The van der Waals surface area contributed by atoms with Crippen molar-refractivity contribution in [1.82, 2.24) is 5.43 Å². The van der Waals surface area contributed by atoms with E-state index in [-0.39, 0.29) is 15.6 Å². The predicted octanol–water partition coefficient (Wildman–Crippen LogP) is 4.99. The van der Waals surface area contributed by atoms with Crippen LogP contribution in [-0.4, -0.2) is 27.1 Å². The average molecular weight is 497 g/mol. The van der Waals surface area contributed by atoms with Gasteiger partial charge in [0, 0.05) is 0 Å². The van der Waals surface area contributed by atoms with Crippen LogP contribution in [0.4, 0.5) is 5.69 Å². The minimum Gasteiger partial charge on any atom is -0.271 e. The van der Waals surface area contributed by atoms with Crippen molar-refractivity contribution in [3.63, 3.8) is 0 Å². The molecule has 3 aromatic carbocycles. The number of carbonyl (C=O) groups excluding carboxylic acids is 1. The van der Waals surface area contributed by atoms with E-state index in [4.69, 9.17) is 34.8 Å². The second kappa shape index (κ2) is 10.2. The number of sulfonamides is 1. The van der Waals surface area contributed by atoms with Gasteiger partial charge in [0.05, 0.1) is 31.9 Å². The van der Waals surface area contributed by atoms with Crippen molar-refractivity contribution < 1.29 is 13.2 Å². The first-order valence-electron chi connectivity index (χ1n) is 8.88. The third kappa shape index (κ3) is 5.77. The minimum atomic E-state index is -4.06. The van der Waals surface area contributed by atoms with Crippen LogP contribution in [0.5, 0.6) is 0 Å². The maximum atomic E-state index is 13.2. The molecule has 0 aliphatic heterocycles. The fourth-order valence-corrected chi connectivity index (χ4v) is 4.67. The van der Waals surface area contributed by atoms with Gasteiger partial charge in [0.2, 0.25) is 0 Å². The highest BCUT2D eigenvalue weighted by Crippen LogP contribution is 2.30. The van der Waals surface area contributed by atoms with Gasteiger partial charge in [-0.25, -0.2) is 13.8 Å². The second-order valence-electron chi connectivity index (χ2n) is 6.24. The Morgan fingerprint density at radius 2 is 1.58 bits per heavy atom. The molecule has 0 aliphatic rings. The summed E-state index contributed by atoms with van der Waals surface area (Å²) in [5.74, 6) is -0.657. The lowest BCUT2D eigenvalue weighted by atomic mass is 10.2. The van der Waals surface area contributed by atoms with Crippen LogP contribution >= 0.6 is 34.8 Å². The molecule has 1 amide bonds. The number of benzene rings is 3. The Hall–Kier alpha value is -2.58.